The van der Waals surface area contributed by atoms with Crippen LogP contribution >= 0.6 is 11.3 Å². The van der Waals surface area contributed by atoms with E-state index in [4.69, 9.17) is 0 Å². The van der Waals surface area contributed by atoms with Gasteiger partial charge in [-0.05, 0) is 29.8 Å². The highest BCUT2D eigenvalue weighted by atomic mass is 32.1. The van der Waals surface area contributed by atoms with Crippen LogP contribution in [0.4, 0.5) is 4.39 Å². The van der Waals surface area contributed by atoms with E-state index >= 15 is 0 Å². The molecule has 3 aromatic heterocycles. The largest absolute Gasteiger partial charge is 0.340 e. The smallest absolute Gasteiger partial charge is 0.263 e. The van der Waals surface area contributed by atoms with Crippen molar-refractivity contribution in [3.8, 4) is 16.8 Å². The van der Waals surface area contributed by atoms with E-state index in [1.165, 1.54) is 34.4 Å². The molecule has 0 saturated heterocycles. The summed E-state index contributed by atoms with van der Waals surface area (Å²) >= 11 is 1.34. The SMILES string of the molecule is CN(Cc1cnn(-c2ccccc2)c1)C(=O)Cn1cnc2scc(-c3ccc(F)cc3)c2c1=O. The third-order valence-electron chi connectivity index (χ3n) is 5.52. The van der Waals surface area contributed by atoms with E-state index in [1.807, 2.05) is 41.9 Å². The van der Waals surface area contributed by atoms with Crippen LogP contribution in [-0.4, -0.2) is 37.2 Å². The first-order valence-electron chi connectivity index (χ1n) is 10.5. The molecule has 2 aromatic carbocycles. The number of nitrogens with zero attached hydrogens (tertiary/aromatic N) is 5. The maximum Gasteiger partial charge on any atom is 0.263 e. The van der Waals surface area contributed by atoms with Gasteiger partial charge < -0.3 is 4.90 Å². The third kappa shape index (κ3) is 4.25. The summed E-state index contributed by atoms with van der Waals surface area (Å²) in [7, 11) is 1.69. The van der Waals surface area contributed by atoms with Gasteiger partial charge in [-0.15, -0.1) is 11.3 Å². The molecule has 5 rings (SSSR count). The maximum absolute atomic E-state index is 13.3. The number of carbonyl (C=O) groups is 1. The molecule has 0 spiro atoms. The number of rotatable bonds is 6. The highest BCUT2D eigenvalue weighted by Gasteiger charge is 2.17. The number of carbonyl (C=O) groups excluding carboxylic acids is 1. The number of thiophene rings is 1. The number of benzene rings is 2. The second-order valence-electron chi connectivity index (χ2n) is 7.89. The Morgan fingerprint density at radius 2 is 1.88 bits per heavy atom. The molecule has 0 aliphatic heterocycles. The fourth-order valence-electron chi connectivity index (χ4n) is 3.71. The van der Waals surface area contributed by atoms with Gasteiger partial charge in [-0.1, -0.05) is 30.3 Å². The molecule has 0 aliphatic rings. The zero-order chi connectivity index (χ0) is 23.7. The topological polar surface area (TPSA) is 73.0 Å². The molecule has 0 bridgehead atoms. The summed E-state index contributed by atoms with van der Waals surface area (Å²) in [5.74, 6) is -0.573. The van der Waals surface area contributed by atoms with E-state index < -0.39 is 0 Å². The van der Waals surface area contributed by atoms with E-state index in [0.29, 0.717) is 22.3 Å². The zero-order valence-electron chi connectivity index (χ0n) is 18.3. The Hall–Kier alpha value is -4.11. The van der Waals surface area contributed by atoms with Crippen LogP contribution in [0.25, 0.3) is 27.0 Å². The number of hydrogen-bond donors (Lipinski definition) is 0. The fraction of sp³-hybridized carbons (Fsp3) is 0.120. The second kappa shape index (κ2) is 9.03. The minimum absolute atomic E-state index is 0.135. The normalized spacial score (nSPS) is 11.1. The number of aromatic nitrogens is 4. The van der Waals surface area contributed by atoms with E-state index in [9.17, 15) is 14.0 Å². The van der Waals surface area contributed by atoms with Gasteiger partial charge in [0.2, 0.25) is 5.91 Å². The Bertz CT molecular complexity index is 1520. The first kappa shape index (κ1) is 21.7. The van der Waals surface area contributed by atoms with Gasteiger partial charge in [0.25, 0.3) is 5.56 Å². The Labute approximate surface area is 198 Å². The lowest BCUT2D eigenvalue weighted by Crippen LogP contribution is -2.33. The van der Waals surface area contributed by atoms with Gasteiger partial charge in [0, 0.05) is 36.3 Å². The molecular weight excluding hydrogens is 453 g/mol. The lowest BCUT2D eigenvalue weighted by molar-refractivity contribution is -0.131. The summed E-state index contributed by atoms with van der Waals surface area (Å²) < 4.78 is 16.4. The highest BCUT2D eigenvalue weighted by molar-refractivity contribution is 7.17. The molecular formula is C25H20FN5O2S. The summed E-state index contributed by atoms with van der Waals surface area (Å²) in [4.78, 5) is 32.6. The van der Waals surface area contributed by atoms with Gasteiger partial charge in [0.1, 0.15) is 17.2 Å². The van der Waals surface area contributed by atoms with Gasteiger partial charge in [-0.25, -0.2) is 14.1 Å². The summed E-state index contributed by atoms with van der Waals surface area (Å²) in [5, 5.41) is 6.62. The van der Waals surface area contributed by atoms with Crippen molar-refractivity contribution in [2.24, 2.45) is 0 Å². The average molecular weight is 474 g/mol. The minimum Gasteiger partial charge on any atom is -0.340 e. The molecule has 0 radical (unpaired) electrons. The van der Waals surface area contributed by atoms with Crippen LogP contribution < -0.4 is 5.56 Å². The van der Waals surface area contributed by atoms with Gasteiger partial charge in [-0.3, -0.25) is 14.2 Å². The predicted octanol–water partition coefficient (Wildman–Crippen LogP) is 4.11. The number of halogens is 1. The van der Waals surface area contributed by atoms with E-state index in [-0.39, 0.29) is 23.8 Å². The molecule has 34 heavy (non-hydrogen) atoms. The highest BCUT2D eigenvalue weighted by Crippen LogP contribution is 2.30. The molecule has 0 N–H and O–H groups in total. The third-order valence-corrected chi connectivity index (χ3v) is 6.41. The van der Waals surface area contributed by atoms with Crippen molar-refractivity contribution >= 4 is 27.5 Å². The van der Waals surface area contributed by atoms with Crippen LogP contribution in [0, 0.1) is 5.82 Å². The van der Waals surface area contributed by atoms with Crippen molar-refractivity contribution in [3.63, 3.8) is 0 Å². The van der Waals surface area contributed by atoms with Crippen molar-refractivity contribution in [1.82, 2.24) is 24.2 Å². The van der Waals surface area contributed by atoms with E-state index in [1.54, 1.807) is 35.0 Å². The fourth-order valence-corrected chi connectivity index (χ4v) is 4.62. The lowest BCUT2D eigenvalue weighted by atomic mass is 10.1. The number of hydrogen-bond acceptors (Lipinski definition) is 5. The predicted molar refractivity (Wildman–Crippen MR) is 129 cm³/mol. The molecule has 0 aliphatic carbocycles. The Balaban J connectivity index is 1.35. The number of amides is 1. The van der Waals surface area contributed by atoms with Crippen molar-refractivity contribution in [1.29, 1.82) is 0 Å². The summed E-state index contributed by atoms with van der Waals surface area (Å²) in [6.45, 7) is 0.221. The van der Waals surface area contributed by atoms with Crippen LogP contribution in [0.2, 0.25) is 0 Å². The van der Waals surface area contributed by atoms with Gasteiger partial charge >= 0.3 is 0 Å². The Morgan fingerprint density at radius 3 is 2.65 bits per heavy atom. The minimum atomic E-state index is -0.346. The Morgan fingerprint density at radius 1 is 1.12 bits per heavy atom. The molecule has 170 valence electrons. The quantitative estimate of drug-likeness (QED) is 0.372. The molecule has 9 heteroatoms. The van der Waals surface area contributed by atoms with Crippen molar-refractivity contribution < 1.29 is 9.18 Å². The standard InChI is InChI=1S/C25H20FN5O2S/c1-29(12-17-11-28-31(13-17)20-5-3-2-4-6-20)22(32)14-30-16-27-24-23(25(30)33)21(15-34-24)18-7-9-19(26)10-8-18/h2-11,13,15-16H,12,14H2,1H3. The van der Waals surface area contributed by atoms with Crippen molar-refractivity contribution in [2.75, 3.05) is 7.05 Å². The lowest BCUT2D eigenvalue weighted by Gasteiger charge is -2.17. The second-order valence-corrected chi connectivity index (χ2v) is 8.75. The first-order valence-corrected chi connectivity index (χ1v) is 11.4. The molecule has 3 heterocycles. The summed E-state index contributed by atoms with van der Waals surface area (Å²) in [6.07, 6.45) is 4.99. The van der Waals surface area contributed by atoms with Crippen molar-refractivity contribution in [3.05, 3.63) is 100 Å². The Kier molecular flexibility index (Phi) is 5.77. The maximum atomic E-state index is 13.3. The summed E-state index contributed by atoms with van der Waals surface area (Å²) in [6, 6.07) is 15.7. The molecule has 1 amide bonds. The van der Waals surface area contributed by atoms with Crippen LogP contribution in [-0.2, 0) is 17.9 Å². The average Bonchev–Trinajstić information content (AvgIpc) is 3.50. The molecule has 0 saturated carbocycles. The molecule has 0 atom stereocenters. The van der Waals surface area contributed by atoms with Gasteiger partial charge in [0.15, 0.2) is 0 Å². The van der Waals surface area contributed by atoms with Crippen LogP contribution in [0.1, 0.15) is 5.56 Å². The van der Waals surface area contributed by atoms with E-state index in [0.717, 1.165) is 16.8 Å². The number of likely N-dealkylation sites (N-methyl/N-ethyl adjacent to an activating group) is 1. The van der Waals surface area contributed by atoms with Gasteiger partial charge in [0.05, 0.1) is 23.6 Å². The van der Waals surface area contributed by atoms with Gasteiger partial charge in [-0.2, -0.15) is 5.10 Å². The van der Waals surface area contributed by atoms with Crippen molar-refractivity contribution in [2.45, 2.75) is 13.1 Å². The number of para-hydroxylation sites is 1. The monoisotopic (exact) mass is 473 g/mol. The molecule has 7 nitrogen and oxygen atoms in total. The molecule has 5 aromatic rings. The van der Waals surface area contributed by atoms with Crippen LogP contribution in [0.3, 0.4) is 0 Å². The zero-order valence-corrected chi connectivity index (χ0v) is 19.1. The number of fused-ring (bicyclic) bond motifs is 1. The molecule has 0 fully saturated rings. The van der Waals surface area contributed by atoms with E-state index in [2.05, 4.69) is 10.1 Å². The molecule has 0 unspecified atom stereocenters. The first-order chi connectivity index (χ1) is 16.5. The van der Waals surface area contributed by atoms with Crippen LogP contribution in [0.5, 0.6) is 0 Å². The van der Waals surface area contributed by atoms with Crippen LogP contribution in [0.15, 0.2) is 83.5 Å². The summed E-state index contributed by atoms with van der Waals surface area (Å²) in [5.41, 5.74) is 2.91.